The number of aliphatic imine (C=N–C) groups is 1. The van der Waals surface area contributed by atoms with Gasteiger partial charge in [-0.05, 0) is 34.4 Å². The summed E-state index contributed by atoms with van der Waals surface area (Å²) in [4.78, 5) is 8.69. The fourth-order valence-corrected chi connectivity index (χ4v) is 1.28. The molecule has 0 saturated heterocycles. The largest absolute Gasteiger partial charge is 0.370 e. The third-order valence-corrected chi connectivity index (χ3v) is 2.03. The van der Waals surface area contributed by atoms with E-state index in [2.05, 4.69) is 35.8 Å². The first-order chi connectivity index (χ1) is 6.97. The van der Waals surface area contributed by atoms with Crippen LogP contribution in [0.3, 0.4) is 0 Å². The topological polar surface area (TPSA) is 44.9 Å². The molecule has 0 aliphatic carbocycles. The summed E-state index contributed by atoms with van der Waals surface area (Å²) in [5, 5.41) is 0. The molecule has 0 radical (unpaired) electrons. The van der Waals surface area contributed by atoms with Crippen molar-refractivity contribution in [3.8, 4) is 0 Å². The summed E-state index contributed by atoms with van der Waals surface area (Å²) in [7, 11) is 4.14. The highest BCUT2D eigenvalue weighted by Crippen LogP contribution is 1.95. The van der Waals surface area contributed by atoms with Gasteiger partial charge in [-0.1, -0.05) is 6.92 Å². The lowest BCUT2D eigenvalue weighted by atomic mass is 10.4. The maximum Gasteiger partial charge on any atom is 0.191 e. The average Bonchev–Trinajstić information content (AvgIpc) is 2.10. The van der Waals surface area contributed by atoms with Crippen molar-refractivity contribution in [1.82, 2.24) is 9.80 Å². The zero-order chi connectivity index (χ0) is 11.8. The van der Waals surface area contributed by atoms with Crippen molar-refractivity contribution in [1.29, 1.82) is 0 Å². The molecule has 4 nitrogen and oxygen atoms in total. The number of guanidine groups is 1. The predicted octanol–water partition coefficient (Wildman–Crippen LogP) is 0.983. The van der Waals surface area contributed by atoms with Crippen LogP contribution in [0.5, 0.6) is 0 Å². The van der Waals surface area contributed by atoms with Crippen molar-refractivity contribution < 1.29 is 0 Å². The molecule has 2 N–H and O–H groups in total. The summed E-state index contributed by atoms with van der Waals surface area (Å²) >= 11 is 0. The fourth-order valence-electron chi connectivity index (χ4n) is 1.28. The molecule has 0 fully saturated rings. The van der Waals surface area contributed by atoms with Gasteiger partial charge >= 0.3 is 0 Å². The van der Waals surface area contributed by atoms with Crippen molar-refractivity contribution >= 4 is 5.96 Å². The first-order valence-electron chi connectivity index (χ1n) is 5.70. The average molecular weight is 214 g/mol. The summed E-state index contributed by atoms with van der Waals surface area (Å²) in [6, 6.07) is 0.267. The van der Waals surface area contributed by atoms with Crippen molar-refractivity contribution in [2.24, 2.45) is 10.7 Å². The Morgan fingerprint density at radius 2 is 1.80 bits per heavy atom. The SMILES string of the molecule is CCCN(CCN(C)C)C(N)=NC(C)C. The third-order valence-electron chi connectivity index (χ3n) is 2.03. The molecular weight excluding hydrogens is 188 g/mol. The molecule has 0 unspecified atom stereocenters. The molecule has 90 valence electrons. The Morgan fingerprint density at radius 1 is 1.20 bits per heavy atom. The van der Waals surface area contributed by atoms with Gasteiger partial charge in [0.2, 0.25) is 0 Å². The molecule has 15 heavy (non-hydrogen) atoms. The monoisotopic (exact) mass is 214 g/mol. The first kappa shape index (κ1) is 14.2. The second-order valence-corrected chi connectivity index (χ2v) is 4.37. The van der Waals surface area contributed by atoms with E-state index in [0.717, 1.165) is 26.1 Å². The van der Waals surface area contributed by atoms with Crippen molar-refractivity contribution in [2.45, 2.75) is 33.2 Å². The molecule has 0 aliphatic rings. The van der Waals surface area contributed by atoms with E-state index in [1.54, 1.807) is 0 Å². The number of hydrogen-bond donors (Lipinski definition) is 1. The van der Waals surface area contributed by atoms with Crippen molar-refractivity contribution in [3.63, 3.8) is 0 Å². The predicted molar refractivity (Wildman–Crippen MR) is 67.2 cm³/mol. The second-order valence-electron chi connectivity index (χ2n) is 4.37. The summed E-state index contributed by atoms with van der Waals surface area (Å²) in [6.45, 7) is 9.18. The molecule has 0 aromatic rings. The standard InChI is InChI=1S/C11H26N4/c1-6-7-15(9-8-14(4)5)11(12)13-10(2)3/h10H,6-9H2,1-5H3,(H2,12,13). The minimum atomic E-state index is 0.267. The van der Waals surface area contributed by atoms with Crippen LogP contribution in [-0.2, 0) is 0 Å². The van der Waals surface area contributed by atoms with Gasteiger partial charge in [-0.2, -0.15) is 0 Å². The van der Waals surface area contributed by atoms with Gasteiger partial charge in [0.1, 0.15) is 0 Å². The van der Waals surface area contributed by atoms with Crippen LogP contribution in [0.15, 0.2) is 4.99 Å². The minimum Gasteiger partial charge on any atom is -0.370 e. The molecule has 0 aromatic carbocycles. The van der Waals surface area contributed by atoms with Gasteiger partial charge < -0.3 is 15.5 Å². The number of likely N-dealkylation sites (N-methyl/N-ethyl adjacent to an activating group) is 1. The lowest BCUT2D eigenvalue weighted by Crippen LogP contribution is -2.42. The second kappa shape index (κ2) is 7.51. The minimum absolute atomic E-state index is 0.267. The molecule has 0 heterocycles. The van der Waals surface area contributed by atoms with Crippen LogP contribution in [0, 0.1) is 0 Å². The van der Waals surface area contributed by atoms with E-state index >= 15 is 0 Å². The highest BCUT2D eigenvalue weighted by atomic mass is 15.3. The van der Waals surface area contributed by atoms with Crippen LogP contribution < -0.4 is 5.73 Å². The van der Waals surface area contributed by atoms with Gasteiger partial charge in [0.15, 0.2) is 5.96 Å². The summed E-state index contributed by atoms with van der Waals surface area (Å²) in [5.74, 6) is 0.675. The maximum atomic E-state index is 5.95. The van der Waals surface area contributed by atoms with Crippen LogP contribution in [0.1, 0.15) is 27.2 Å². The van der Waals surface area contributed by atoms with Crippen molar-refractivity contribution in [3.05, 3.63) is 0 Å². The summed E-state index contributed by atoms with van der Waals surface area (Å²) in [5.41, 5.74) is 5.95. The zero-order valence-corrected chi connectivity index (χ0v) is 10.8. The van der Waals surface area contributed by atoms with Crippen molar-refractivity contribution in [2.75, 3.05) is 33.7 Å². The van der Waals surface area contributed by atoms with E-state index in [1.807, 2.05) is 13.8 Å². The van der Waals surface area contributed by atoms with E-state index in [9.17, 15) is 0 Å². The van der Waals surface area contributed by atoms with Crippen LogP contribution in [0.2, 0.25) is 0 Å². The lowest BCUT2D eigenvalue weighted by Gasteiger charge is -2.25. The number of rotatable bonds is 6. The molecule has 4 heteroatoms. The summed E-state index contributed by atoms with van der Waals surface area (Å²) < 4.78 is 0. The maximum absolute atomic E-state index is 5.95. The van der Waals surface area contributed by atoms with Gasteiger partial charge in [-0.3, -0.25) is 4.99 Å². The van der Waals surface area contributed by atoms with E-state index in [4.69, 9.17) is 5.73 Å². The van der Waals surface area contributed by atoms with Gasteiger partial charge in [0.25, 0.3) is 0 Å². The summed E-state index contributed by atoms with van der Waals surface area (Å²) in [6.07, 6.45) is 1.10. The molecule has 0 aromatic heterocycles. The molecule has 0 bridgehead atoms. The quantitative estimate of drug-likeness (QED) is 0.529. The molecule has 0 saturated carbocycles. The first-order valence-corrected chi connectivity index (χ1v) is 5.70. The van der Waals surface area contributed by atoms with Crippen LogP contribution in [0.4, 0.5) is 0 Å². The normalized spacial score (nSPS) is 12.6. The number of hydrogen-bond acceptors (Lipinski definition) is 2. The van der Waals surface area contributed by atoms with Crippen LogP contribution in [0.25, 0.3) is 0 Å². The van der Waals surface area contributed by atoms with Gasteiger partial charge in [-0.25, -0.2) is 0 Å². The smallest absolute Gasteiger partial charge is 0.191 e. The Morgan fingerprint density at radius 3 is 2.20 bits per heavy atom. The number of nitrogens with two attached hydrogens (primary N) is 1. The Balaban J connectivity index is 4.24. The molecule has 0 aliphatic heterocycles. The third kappa shape index (κ3) is 7.19. The Bertz CT molecular complexity index is 187. The zero-order valence-electron chi connectivity index (χ0n) is 10.8. The van der Waals surface area contributed by atoms with Gasteiger partial charge in [0.05, 0.1) is 0 Å². The highest BCUT2D eigenvalue weighted by Gasteiger charge is 2.07. The molecular formula is C11H26N4. The Labute approximate surface area is 94.1 Å². The van der Waals surface area contributed by atoms with E-state index in [0.29, 0.717) is 5.96 Å². The molecule has 0 atom stereocenters. The van der Waals surface area contributed by atoms with Gasteiger partial charge in [0, 0.05) is 25.7 Å². The Hall–Kier alpha value is -0.770. The van der Waals surface area contributed by atoms with Gasteiger partial charge in [-0.15, -0.1) is 0 Å². The molecule has 0 spiro atoms. The Kier molecular flexibility index (Phi) is 7.13. The lowest BCUT2D eigenvalue weighted by molar-refractivity contribution is 0.326. The molecule has 0 rings (SSSR count). The van der Waals surface area contributed by atoms with Crippen LogP contribution >= 0.6 is 0 Å². The van der Waals surface area contributed by atoms with E-state index in [-0.39, 0.29) is 6.04 Å². The van der Waals surface area contributed by atoms with E-state index < -0.39 is 0 Å². The number of nitrogens with zero attached hydrogens (tertiary/aromatic N) is 3. The highest BCUT2D eigenvalue weighted by molar-refractivity contribution is 5.78. The fraction of sp³-hybridized carbons (Fsp3) is 0.909. The van der Waals surface area contributed by atoms with E-state index in [1.165, 1.54) is 0 Å². The van der Waals surface area contributed by atoms with Crippen LogP contribution in [-0.4, -0.2) is 55.5 Å². The molecule has 0 amide bonds.